The SMILES string of the molecule is O=C1CC[C@H](C(=O)NCc2cc(C3CC3)n[nH]2)NC(=O)N1. The first-order valence-corrected chi connectivity index (χ1v) is 7.04. The molecular formula is C13H17N5O3. The maximum absolute atomic E-state index is 12.0. The molecule has 1 saturated heterocycles. The molecule has 112 valence electrons. The molecule has 21 heavy (non-hydrogen) atoms. The summed E-state index contributed by atoms with van der Waals surface area (Å²) in [6.07, 6.45) is 2.78. The number of carbonyl (C=O) groups excluding carboxylic acids is 3. The van der Waals surface area contributed by atoms with Gasteiger partial charge in [-0.25, -0.2) is 4.79 Å². The number of rotatable bonds is 4. The molecule has 1 saturated carbocycles. The van der Waals surface area contributed by atoms with Gasteiger partial charge in [-0.15, -0.1) is 0 Å². The third kappa shape index (κ3) is 3.39. The van der Waals surface area contributed by atoms with E-state index in [1.165, 1.54) is 12.8 Å². The fraction of sp³-hybridized carbons (Fsp3) is 0.538. The van der Waals surface area contributed by atoms with Crippen LogP contribution in [0.2, 0.25) is 0 Å². The molecule has 3 rings (SSSR count). The topological polar surface area (TPSA) is 116 Å². The Morgan fingerprint density at radius 3 is 2.90 bits per heavy atom. The molecule has 1 atom stereocenters. The molecule has 0 aromatic carbocycles. The zero-order chi connectivity index (χ0) is 14.8. The second kappa shape index (κ2) is 5.55. The van der Waals surface area contributed by atoms with Crippen LogP contribution in [0.3, 0.4) is 0 Å². The highest BCUT2D eigenvalue weighted by Crippen LogP contribution is 2.38. The lowest BCUT2D eigenvalue weighted by molar-refractivity contribution is -0.123. The van der Waals surface area contributed by atoms with Crippen molar-refractivity contribution in [1.29, 1.82) is 0 Å². The van der Waals surface area contributed by atoms with Crippen molar-refractivity contribution in [3.63, 3.8) is 0 Å². The molecule has 8 heteroatoms. The Hall–Kier alpha value is -2.38. The number of H-pyrrole nitrogens is 1. The summed E-state index contributed by atoms with van der Waals surface area (Å²) in [5.74, 6) is -0.114. The van der Waals surface area contributed by atoms with E-state index in [1.807, 2.05) is 6.07 Å². The summed E-state index contributed by atoms with van der Waals surface area (Å²) >= 11 is 0. The smallest absolute Gasteiger partial charge is 0.322 e. The lowest BCUT2D eigenvalue weighted by Gasteiger charge is -2.14. The maximum atomic E-state index is 12.0. The van der Waals surface area contributed by atoms with Crippen molar-refractivity contribution in [2.75, 3.05) is 0 Å². The predicted octanol–water partition coefficient (Wildman–Crippen LogP) is -0.108. The van der Waals surface area contributed by atoms with E-state index in [2.05, 4.69) is 26.1 Å². The van der Waals surface area contributed by atoms with Crippen LogP contribution in [-0.2, 0) is 16.1 Å². The Morgan fingerprint density at radius 1 is 1.33 bits per heavy atom. The summed E-state index contributed by atoms with van der Waals surface area (Å²) in [5.41, 5.74) is 1.87. The minimum Gasteiger partial charge on any atom is -0.349 e. The van der Waals surface area contributed by atoms with E-state index in [4.69, 9.17) is 0 Å². The van der Waals surface area contributed by atoms with Crippen LogP contribution in [0, 0.1) is 0 Å². The Bertz CT molecular complexity index is 578. The van der Waals surface area contributed by atoms with E-state index < -0.39 is 12.1 Å². The number of amides is 4. The number of aromatic amines is 1. The second-order valence-electron chi connectivity index (χ2n) is 5.42. The zero-order valence-corrected chi connectivity index (χ0v) is 11.4. The summed E-state index contributed by atoms with van der Waals surface area (Å²) in [6.45, 7) is 0.326. The van der Waals surface area contributed by atoms with Gasteiger partial charge in [-0.2, -0.15) is 5.10 Å². The molecule has 1 aromatic heterocycles. The third-order valence-electron chi connectivity index (χ3n) is 3.63. The first-order valence-electron chi connectivity index (χ1n) is 7.04. The van der Waals surface area contributed by atoms with Gasteiger partial charge in [0.15, 0.2) is 0 Å². The molecule has 4 amide bonds. The van der Waals surface area contributed by atoms with Crippen LogP contribution in [-0.4, -0.2) is 34.1 Å². The van der Waals surface area contributed by atoms with Crippen LogP contribution >= 0.6 is 0 Å². The van der Waals surface area contributed by atoms with Crippen molar-refractivity contribution >= 4 is 17.8 Å². The van der Waals surface area contributed by atoms with Crippen molar-refractivity contribution < 1.29 is 14.4 Å². The fourth-order valence-electron chi connectivity index (χ4n) is 2.29. The normalized spacial score (nSPS) is 22.2. The number of hydrogen-bond donors (Lipinski definition) is 4. The van der Waals surface area contributed by atoms with Crippen molar-refractivity contribution in [2.45, 2.75) is 44.2 Å². The van der Waals surface area contributed by atoms with E-state index in [0.29, 0.717) is 18.9 Å². The lowest BCUT2D eigenvalue weighted by atomic mass is 10.1. The van der Waals surface area contributed by atoms with Crippen LogP contribution in [0.25, 0.3) is 0 Å². The Labute approximate surface area is 121 Å². The van der Waals surface area contributed by atoms with E-state index in [0.717, 1.165) is 11.4 Å². The highest BCUT2D eigenvalue weighted by atomic mass is 16.2. The van der Waals surface area contributed by atoms with Crippen LogP contribution in [0.4, 0.5) is 4.79 Å². The number of nitrogens with zero attached hydrogens (tertiary/aromatic N) is 1. The molecule has 8 nitrogen and oxygen atoms in total. The van der Waals surface area contributed by atoms with E-state index in [9.17, 15) is 14.4 Å². The van der Waals surface area contributed by atoms with Gasteiger partial charge in [0.25, 0.3) is 0 Å². The molecule has 4 N–H and O–H groups in total. The van der Waals surface area contributed by atoms with Gasteiger partial charge in [-0.05, 0) is 25.3 Å². The number of nitrogens with one attached hydrogen (secondary N) is 4. The maximum Gasteiger partial charge on any atom is 0.322 e. The standard InChI is InChI=1S/C13H17N5O3/c19-11-4-3-9(15-13(21)16-11)12(20)14-6-8-5-10(18-17-8)7-1-2-7/h5,7,9H,1-4,6H2,(H,14,20)(H,17,18)(H2,15,16,19,21)/t9-/m1/s1. The van der Waals surface area contributed by atoms with Gasteiger partial charge >= 0.3 is 6.03 Å². The first-order chi connectivity index (χ1) is 10.1. The quantitative estimate of drug-likeness (QED) is 0.619. The Balaban J connectivity index is 1.52. The highest BCUT2D eigenvalue weighted by Gasteiger charge is 2.27. The zero-order valence-electron chi connectivity index (χ0n) is 11.4. The second-order valence-corrected chi connectivity index (χ2v) is 5.42. The lowest BCUT2D eigenvalue weighted by Crippen LogP contribution is -2.48. The number of imide groups is 1. The van der Waals surface area contributed by atoms with Crippen molar-refractivity contribution in [3.8, 4) is 0 Å². The molecule has 1 aliphatic carbocycles. The van der Waals surface area contributed by atoms with Gasteiger partial charge in [0.05, 0.1) is 17.9 Å². The molecule has 2 aliphatic rings. The molecule has 2 heterocycles. The van der Waals surface area contributed by atoms with Crippen molar-refractivity contribution in [1.82, 2.24) is 26.1 Å². The van der Waals surface area contributed by atoms with Crippen LogP contribution < -0.4 is 16.0 Å². The summed E-state index contributed by atoms with van der Waals surface area (Å²) < 4.78 is 0. The Kier molecular flexibility index (Phi) is 3.59. The monoisotopic (exact) mass is 291 g/mol. The van der Waals surface area contributed by atoms with E-state index in [1.54, 1.807) is 0 Å². The van der Waals surface area contributed by atoms with E-state index in [-0.39, 0.29) is 18.2 Å². The van der Waals surface area contributed by atoms with Crippen LogP contribution in [0.15, 0.2) is 6.07 Å². The fourth-order valence-corrected chi connectivity index (χ4v) is 2.29. The predicted molar refractivity (Wildman–Crippen MR) is 72.1 cm³/mol. The molecule has 0 bridgehead atoms. The van der Waals surface area contributed by atoms with Crippen LogP contribution in [0.1, 0.15) is 43.0 Å². The minimum atomic E-state index is -0.692. The molecule has 1 aliphatic heterocycles. The summed E-state index contributed by atoms with van der Waals surface area (Å²) in [6, 6.07) is 0.631. The third-order valence-corrected chi connectivity index (χ3v) is 3.63. The van der Waals surface area contributed by atoms with Gasteiger partial charge < -0.3 is 10.6 Å². The molecule has 0 spiro atoms. The van der Waals surface area contributed by atoms with Gasteiger partial charge in [-0.3, -0.25) is 20.0 Å². The van der Waals surface area contributed by atoms with Gasteiger partial charge in [-0.1, -0.05) is 0 Å². The van der Waals surface area contributed by atoms with Crippen LogP contribution in [0.5, 0.6) is 0 Å². The summed E-state index contributed by atoms with van der Waals surface area (Å²) in [7, 11) is 0. The van der Waals surface area contributed by atoms with E-state index >= 15 is 0 Å². The van der Waals surface area contributed by atoms with Gasteiger partial charge in [0, 0.05) is 12.3 Å². The average Bonchev–Trinajstić information content (AvgIpc) is 3.22. The molecule has 1 aromatic rings. The highest BCUT2D eigenvalue weighted by molar-refractivity contribution is 5.98. The summed E-state index contributed by atoms with van der Waals surface area (Å²) in [4.78, 5) is 34.6. The molecule has 0 unspecified atom stereocenters. The number of urea groups is 1. The minimum absolute atomic E-state index is 0.146. The van der Waals surface area contributed by atoms with Crippen molar-refractivity contribution in [2.24, 2.45) is 0 Å². The van der Waals surface area contributed by atoms with Gasteiger partial charge in [0.1, 0.15) is 6.04 Å². The first kappa shape index (κ1) is 13.6. The number of aromatic nitrogens is 2. The molecule has 2 fully saturated rings. The largest absolute Gasteiger partial charge is 0.349 e. The average molecular weight is 291 g/mol. The number of hydrogen-bond acceptors (Lipinski definition) is 4. The molecule has 0 radical (unpaired) electrons. The molecular weight excluding hydrogens is 274 g/mol. The Morgan fingerprint density at radius 2 is 2.14 bits per heavy atom. The summed E-state index contributed by atoms with van der Waals surface area (Å²) in [5, 5.41) is 14.4. The van der Waals surface area contributed by atoms with Crippen molar-refractivity contribution in [3.05, 3.63) is 17.5 Å². The van der Waals surface area contributed by atoms with Gasteiger partial charge in [0.2, 0.25) is 11.8 Å². The number of carbonyl (C=O) groups is 3.